The van der Waals surface area contributed by atoms with E-state index in [1.807, 2.05) is 13.8 Å². The maximum atomic E-state index is 12.3. The molecule has 0 aliphatic carbocycles. The molecule has 1 unspecified atom stereocenters. The molecule has 21 heavy (non-hydrogen) atoms. The number of aliphatic hydroxyl groups excluding tert-OH is 1. The Kier molecular flexibility index (Phi) is 6.15. The van der Waals surface area contributed by atoms with E-state index < -0.39 is 22.0 Å². The fourth-order valence-electron chi connectivity index (χ4n) is 1.77. The predicted molar refractivity (Wildman–Crippen MR) is 79.1 cm³/mol. The van der Waals surface area contributed by atoms with E-state index in [-0.39, 0.29) is 34.4 Å². The predicted octanol–water partition coefficient (Wildman–Crippen LogP) is 1.72. The van der Waals surface area contributed by atoms with E-state index in [4.69, 9.17) is 21.8 Å². The van der Waals surface area contributed by atoms with Crippen molar-refractivity contribution in [1.29, 1.82) is 0 Å². The zero-order valence-corrected chi connectivity index (χ0v) is 13.3. The fourth-order valence-corrected chi connectivity index (χ4v) is 3.41. The van der Waals surface area contributed by atoms with Gasteiger partial charge in [0.2, 0.25) is 10.0 Å². The first kappa shape index (κ1) is 17.9. The maximum Gasteiger partial charge on any atom is 0.337 e. The number of carbonyl (C=O) groups is 1. The maximum absolute atomic E-state index is 12.3. The first-order valence-electron chi connectivity index (χ1n) is 6.35. The molecule has 0 bridgehead atoms. The highest BCUT2D eigenvalue weighted by atomic mass is 35.5. The molecule has 1 aromatic rings. The molecule has 0 saturated heterocycles. The molecule has 0 saturated carbocycles. The van der Waals surface area contributed by atoms with Crippen LogP contribution in [0.25, 0.3) is 0 Å². The van der Waals surface area contributed by atoms with Gasteiger partial charge in [-0.3, -0.25) is 0 Å². The molecular formula is C13H18ClNO5S. The summed E-state index contributed by atoms with van der Waals surface area (Å²) in [7, 11) is -3.88. The number of halogens is 1. The van der Waals surface area contributed by atoms with Gasteiger partial charge >= 0.3 is 5.97 Å². The van der Waals surface area contributed by atoms with Gasteiger partial charge in [-0.25, -0.2) is 17.9 Å². The number of hydrogen-bond acceptors (Lipinski definition) is 4. The molecule has 3 N–H and O–H groups in total. The molecule has 1 rings (SSSR count). The summed E-state index contributed by atoms with van der Waals surface area (Å²) >= 11 is 5.72. The number of carboxylic acid groups (broad SMARTS) is 1. The monoisotopic (exact) mass is 335 g/mol. The number of aliphatic hydroxyl groups is 1. The van der Waals surface area contributed by atoms with Crippen LogP contribution >= 0.6 is 11.6 Å². The molecule has 0 amide bonds. The Morgan fingerprint density at radius 3 is 2.48 bits per heavy atom. The summed E-state index contributed by atoms with van der Waals surface area (Å²) in [5, 5.41) is 17.9. The third kappa shape index (κ3) is 4.67. The summed E-state index contributed by atoms with van der Waals surface area (Å²) in [5.41, 5.74) is -0.275. The lowest BCUT2D eigenvalue weighted by Crippen LogP contribution is -2.39. The van der Waals surface area contributed by atoms with Gasteiger partial charge in [0.25, 0.3) is 0 Å². The van der Waals surface area contributed by atoms with Crippen molar-refractivity contribution in [2.24, 2.45) is 5.92 Å². The summed E-state index contributed by atoms with van der Waals surface area (Å²) in [6.45, 7) is 3.51. The van der Waals surface area contributed by atoms with Gasteiger partial charge in [0, 0.05) is 12.6 Å². The van der Waals surface area contributed by atoms with Crippen molar-refractivity contribution >= 4 is 27.6 Å². The van der Waals surface area contributed by atoms with Crippen LogP contribution in [-0.4, -0.2) is 37.2 Å². The molecule has 0 aliphatic rings. The van der Waals surface area contributed by atoms with Crippen molar-refractivity contribution in [3.05, 3.63) is 28.8 Å². The summed E-state index contributed by atoms with van der Waals surface area (Å²) < 4.78 is 27.0. The Morgan fingerprint density at radius 1 is 1.38 bits per heavy atom. The SMILES string of the molecule is CC(C)C(CCO)NS(=O)(=O)c1ccc(Cl)c(C(=O)O)c1. The van der Waals surface area contributed by atoms with Gasteiger partial charge < -0.3 is 10.2 Å². The van der Waals surface area contributed by atoms with Crippen LogP contribution in [0.4, 0.5) is 0 Å². The minimum absolute atomic E-state index is 0.0156. The Balaban J connectivity index is 3.13. The molecule has 0 heterocycles. The van der Waals surface area contributed by atoms with Crippen LogP contribution in [0.3, 0.4) is 0 Å². The highest BCUT2D eigenvalue weighted by Crippen LogP contribution is 2.21. The Hall–Kier alpha value is -1.15. The van der Waals surface area contributed by atoms with Gasteiger partial charge in [-0.1, -0.05) is 25.4 Å². The largest absolute Gasteiger partial charge is 0.478 e. The van der Waals surface area contributed by atoms with Gasteiger partial charge in [0.15, 0.2) is 0 Å². The molecular weight excluding hydrogens is 318 g/mol. The zero-order chi connectivity index (χ0) is 16.2. The second kappa shape index (κ2) is 7.22. The summed E-state index contributed by atoms with van der Waals surface area (Å²) in [6, 6.07) is 3.05. The number of rotatable bonds is 7. The quantitative estimate of drug-likeness (QED) is 0.704. The van der Waals surface area contributed by atoms with Crippen molar-refractivity contribution in [3.8, 4) is 0 Å². The molecule has 1 aromatic carbocycles. The van der Waals surface area contributed by atoms with Crippen LogP contribution in [0.2, 0.25) is 5.02 Å². The number of hydrogen-bond donors (Lipinski definition) is 3. The van der Waals surface area contributed by atoms with E-state index in [0.29, 0.717) is 0 Å². The molecule has 0 aliphatic heterocycles. The van der Waals surface area contributed by atoms with Crippen LogP contribution in [0, 0.1) is 5.92 Å². The van der Waals surface area contributed by atoms with Crippen molar-refractivity contribution in [2.45, 2.75) is 31.2 Å². The summed E-state index contributed by atoms with van der Waals surface area (Å²) in [5.74, 6) is -1.31. The van der Waals surface area contributed by atoms with Gasteiger partial charge in [0.05, 0.1) is 15.5 Å². The third-order valence-electron chi connectivity index (χ3n) is 3.03. The molecule has 1 atom stereocenters. The molecule has 0 aromatic heterocycles. The van der Waals surface area contributed by atoms with Crippen LogP contribution in [0.15, 0.2) is 23.1 Å². The average Bonchev–Trinajstić information content (AvgIpc) is 2.37. The Morgan fingerprint density at radius 2 is 2.00 bits per heavy atom. The molecule has 0 fully saturated rings. The minimum atomic E-state index is -3.88. The molecule has 8 heteroatoms. The first-order valence-corrected chi connectivity index (χ1v) is 8.21. The lowest BCUT2D eigenvalue weighted by Gasteiger charge is -2.21. The van der Waals surface area contributed by atoms with Crippen molar-refractivity contribution in [2.75, 3.05) is 6.61 Å². The molecule has 0 radical (unpaired) electrons. The topological polar surface area (TPSA) is 104 Å². The molecule has 0 spiro atoms. The van der Waals surface area contributed by atoms with Crippen LogP contribution in [-0.2, 0) is 10.0 Å². The number of benzene rings is 1. The summed E-state index contributed by atoms with van der Waals surface area (Å²) in [6.07, 6.45) is 0.274. The lowest BCUT2D eigenvalue weighted by molar-refractivity contribution is 0.0697. The van der Waals surface area contributed by atoms with Gasteiger partial charge in [0.1, 0.15) is 0 Å². The minimum Gasteiger partial charge on any atom is -0.478 e. The van der Waals surface area contributed by atoms with E-state index in [1.54, 1.807) is 0 Å². The summed E-state index contributed by atoms with van der Waals surface area (Å²) in [4.78, 5) is 10.8. The van der Waals surface area contributed by atoms with Gasteiger partial charge in [-0.15, -0.1) is 0 Å². The number of aromatic carboxylic acids is 1. The normalized spacial score (nSPS) is 13.4. The Bertz CT molecular complexity index is 615. The van der Waals surface area contributed by atoms with Crippen molar-refractivity contribution in [3.63, 3.8) is 0 Å². The second-order valence-electron chi connectivity index (χ2n) is 4.93. The van der Waals surface area contributed by atoms with Crippen molar-refractivity contribution < 1.29 is 23.4 Å². The van der Waals surface area contributed by atoms with Crippen LogP contribution in [0.5, 0.6) is 0 Å². The van der Waals surface area contributed by atoms with Gasteiger partial charge in [-0.2, -0.15) is 0 Å². The average molecular weight is 336 g/mol. The van der Waals surface area contributed by atoms with E-state index >= 15 is 0 Å². The van der Waals surface area contributed by atoms with E-state index in [2.05, 4.69) is 4.72 Å². The highest BCUT2D eigenvalue weighted by molar-refractivity contribution is 7.89. The fraction of sp³-hybridized carbons (Fsp3) is 0.462. The van der Waals surface area contributed by atoms with E-state index in [1.165, 1.54) is 12.1 Å². The number of nitrogens with one attached hydrogen (secondary N) is 1. The first-order chi connectivity index (χ1) is 9.69. The smallest absolute Gasteiger partial charge is 0.337 e. The van der Waals surface area contributed by atoms with E-state index in [9.17, 15) is 13.2 Å². The standard InChI is InChI=1S/C13H18ClNO5S/c1-8(2)12(5-6-16)15-21(19,20)9-3-4-11(14)10(7-9)13(17)18/h3-4,7-8,12,15-16H,5-6H2,1-2H3,(H,17,18). The Labute approximate surface area is 128 Å². The molecule has 6 nitrogen and oxygen atoms in total. The second-order valence-corrected chi connectivity index (χ2v) is 7.05. The zero-order valence-electron chi connectivity index (χ0n) is 11.7. The molecule has 118 valence electrons. The third-order valence-corrected chi connectivity index (χ3v) is 4.85. The van der Waals surface area contributed by atoms with Crippen molar-refractivity contribution in [1.82, 2.24) is 4.72 Å². The number of carboxylic acids is 1. The lowest BCUT2D eigenvalue weighted by atomic mass is 10.0. The van der Waals surface area contributed by atoms with Crippen LogP contribution < -0.4 is 4.72 Å². The highest BCUT2D eigenvalue weighted by Gasteiger charge is 2.23. The van der Waals surface area contributed by atoms with E-state index in [0.717, 1.165) is 6.07 Å². The van der Waals surface area contributed by atoms with Gasteiger partial charge in [-0.05, 0) is 30.5 Å². The van der Waals surface area contributed by atoms with Crippen LogP contribution in [0.1, 0.15) is 30.6 Å². The number of sulfonamides is 1.